The second-order valence-corrected chi connectivity index (χ2v) is 5.59. The van der Waals surface area contributed by atoms with Gasteiger partial charge in [0.2, 0.25) is 0 Å². The van der Waals surface area contributed by atoms with Gasteiger partial charge in [-0.15, -0.1) is 0 Å². The summed E-state index contributed by atoms with van der Waals surface area (Å²) in [6.45, 7) is 1.99. The van der Waals surface area contributed by atoms with Gasteiger partial charge in [-0.1, -0.05) is 0 Å². The van der Waals surface area contributed by atoms with Gasteiger partial charge in [0.05, 0.1) is 7.11 Å². The van der Waals surface area contributed by atoms with Crippen LogP contribution in [0.4, 0.5) is 4.79 Å². The molecule has 8 heteroatoms. The van der Waals surface area contributed by atoms with Crippen molar-refractivity contribution < 1.29 is 29.0 Å². The number of carbonyl (C=O) groups is 3. The normalized spacial score (nSPS) is 18.7. The third-order valence-corrected chi connectivity index (χ3v) is 3.59. The van der Waals surface area contributed by atoms with Gasteiger partial charge in [0.1, 0.15) is 0 Å². The Bertz CT molecular complexity index is 465. The molecule has 1 aliphatic heterocycles. The monoisotopic (exact) mass is 328 g/mol. The number of rotatable bonds is 4. The number of hydrogen-bond acceptors (Lipinski definition) is 6. The summed E-state index contributed by atoms with van der Waals surface area (Å²) in [6.07, 6.45) is 5.42. The van der Waals surface area contributed by atoms with Crippen LogP contribution in [-0.2, 0) is 19.1 Å². The molecular weight excluding hydrogens is 304 g/mol. The van der Waals surface area contributed by atoms with Crippen LogP contribution in [0, 0.1) is 0 Å². The maximum absolute atomic E-state index is 11.5. The summed E-state index contributed by atoms with van der Waals surface area (Å²) in [5, 5.41) is 7.92. The van der Waals surface area contributed by atoms with Gasteiger partial charge in [-0.3, -0.25) is 4.90 Å². The molecule has 0 aromatic carbocycles. The fourth-order valence-electron chi connectivity index (χ4n) is 2.14. The van der Waals surface area contributed by atoms with E-state index in [9.17, 15) is 14.4 Å². The maximum atomic E-state index is 11.5. The Balaban J connectivity index is 0.000000379. The van der Waals surface area contributed by atoms with E-state index in [-0.39, 0.29) is 5.72 Å². The van der Waals surface area contributed by atoms with Crippen LogP contribution in [0.25, 0.3) is 0 Å². The molecule has 2 rings (SSSR count). The lowest BCUT2D eigenvalue weighted by atomic mass is 10.4. The van der Waals surface area contributed by atoms with Gasteiger partial charge in [-0.25, -0.2) is 14.4 Å². The number of carboxylic acid groups (broad SMARTS) is 1. The Kier molecular flexibility index (Phi) is 7.02. The van der Waals surface area contributed by atoms with E-state index in [0.29, 0.717) is 0 Å². The lowest BCUT2D eigenvalue weighted by Crippen LogP contribution is -2.38. The van der Waals surface area contributed by atoms with E-state index in [1.165, 1.54) is 21.2 Å². The molecule has 8 nitrogen and oxygen atoms in total. The van der Waals surface area contributed by atoms with Crippen LogP contribution >= 0.6 is 0 Å². The first-order chi connectivity index (χ1) is 10.8. The van der Waals surface area contributed by atoms with E-state index < -0.39 is 18.0 Å². The van der Waals surface area contributed by atoms with E-state index >= 15 is 0 Å². The molecule has 1 saturated carbocycles. The minimum Gasteiger partial charge on any atom is -0.466 e. The highest BCUT2D eigenvalue weighted by Crippen LogP contribution is 2.44. The molecule has 0 aromatic heterocycles. The Labute approximate surface area is 135 Å². The number of amides is 1. The molecule has 130 valence electrons. The molecule has 0 radical (unpaired) electrons. The minimum atomic E-state index is -0.907. The summed E-state index contributed by atoms with van der Waals surface area (Å²) < 4.78 is 9.82. The lowest BCUT2D eigenvalue weighted by molar-refractivity contribution is -0.157. The van der Waals surface area contributed by atoms with E-state index in [2.05, 4.69) is 9.64 Å². The molecule has 23 heavy (non-hydrogen) atoms. The molecule has 1 N–H and O–H groups in total. The number of nitrogens with zero attached hydrogens (tertiary/aromatic N) is 2. The van der Waals surface area contributed by atoms with Crippen LogP contribution in [-0.4, -0.2) is 73.0 Å². The Morgan fingerprint density at radius 2 is 1.57 bits per heavy atom. The topological polar surface area (TPSA) is 96.4 Å². The summed E-state index contributed by atoms with van der Waals surface area (Å²) >= 11 is 0. The molecule has 0 aromatic rings. The van der Waals surface area contributed by atoms with Gasteiger partial charge in [0, 0.05) is 52.2 Å². The molecule has 0 atom stereocenters. The lowest BCUT2D eigenvalue weighted by Gasteiger charge is -2.26. The highest BCUT2D eigenvalue weighted by molar-refractivity contribution is 5.91. The van der Waals surface area contributed by atoms with E-state index in [4.69, 9.17) is 9.84 Å². The SMILES string of the molecule is CN(C)C(=O)O.COC(=O)/C=C/C(=O)OC1(N2CCCC2)CC1. The van der Waals surface area contributed by atoms with Gasteiger partial charge < -0.3 is 19.5 Å². The van der Waals surface area contributed by atoms with Crippen LogP contribution < -0.4 is 0 Å². The average molecular weight is 328 g/mol. The Morgan fingerprint density at radius 3 is 1.96 bits per heavy atom. The second-order valence-electron chi connectivity index (χ2n) is 5.59. The molecule has 2 aliphatic rings. The predicted octanol–water partition coefficient (Wildman–Crippen LogP) is 1.07. The van der Waals surface area contributed by atoms with Crippen LogP contribution in [0.15, 0.2) is 12.2 Å². The summed E-state index contributed by atoms with van der Waals surface area (Å²) in [7, 11) is 4.22. The Morgan fingerprint density at radius 1 is 1.09 bits per heavy atom. The van der Waals surface area contributed by atoms with Crippen molar-refractivity contribution in [3.8, 4) is 0 Å². The summed E-state index contributed by atoms with van der Waals surface area (Å²) in [5.41, 5.74) is -0.381. The molecule has 0 bridgehead atoms. The molecule has 1 saturated heterocycles. The van der Waals surface area contributed by atoms with Crippen LogP contribution in [0.3, 0.4) is 0 Å². The molecule has 1 aliphatic carbocycles. The number of carbonyl (C=O) groups excluding carboxylic acids is 2. The molecule has 1 heterocycles. The smallest absolute Gasteiger partial charge is 0.406 e. The third kappa shape index (κ3) is 6.27. The fourth-order valence-corrected chi connectivity index (χ4v) is 2.14. The van der Waals surface area contributed by atoms with Gasteiger partial charge >= 0.3 is 18.0 Å². The highest BCUT2D eigenvalue weighted by Gasteiger charge is 2.52. The van der Waals surface area contributed by atoms with E-state index in [1.807, 2.05) is 0 Å². The fraction of sp³-hybridized carbons (Fsp3) is 0.667. The Hall–Kier alpha value is -2.09. The summed E-state index contributed by atoms with van der Waals surface area (Å²) in [5.74, 6) is -1.02. The molecule has 0 unspecified atom stereocenters. The van der Waals surface area contributed by atoms with Gasteiger partial charge in [0.15, 0.2) is 5.72 Å². The largest absolute Gasteiger partial charge is 0.466 e. The van der Waals surface area contributed by atoms with Crippen molar-refractivity contribution in [3.63, 3.8) is 0 Å². The first-order valence-corrected chi connectivity index (χ1v) is 7.45. The van der Waals surface area contributed by atoms with Crippen molar-refractivity contribution in [2.45, 2.75) is 31.4 Å². The van der Waals surface area contributed by atoms with Crippen molar-refractivity contribution in [3.05, 3.63) is 12.2 Å². The van der Waals surface area contributed by atoms with Crippen LogP contribution in [0.2, 0.25) is 0 Å². The number of hydrogen-bond donors (Lipinski definition) is 1. The number of methoxy groups -OCH3 is 1. The molecule has 1 amide bonds. The van der Waals surface area contributed by atoms with Gasteiger partial charge in [-0.2, -0.15) is 0 Å². The van der Waals surface area contributed by atoms with Crippen molar-refractivity contribution in [2.24, 2.45) is 0 Å². The van der Waals surface area contributed by atoms with Crippen molar-refractivity contribution in [1.29, 1.82) is 0 Å². The number of esters is 2. The minimum absolute atomic E-state index is 0.381. The number of ether oxygens (including phenoxy) is 2. The summed E-state index contributed by atoms with van der Waals surface area (Å²) in [6, 6.07) is 0. The van der Waals surface area contributed by atoms with Gasteiger partial charge in [-0.05, 0) is 12.8 Å². The van der Waals surface area contributed by atoms with Gasteiger partial charge in [0.25, 0.3) is 0 Å². The maximum Gasteiger partial charge on any atom is 0.406 e. The highest BCUT2D eigenvalue weighted by atomic mass is 16.6. The van der Waals surface area contributed by atoms with Crippen LogP contribution in [0.5, 0.6) is 0 Å². The average Bonchev–Trinajstić information content (AvgIpc) is 3.06. The zero-order valence-corrected chi connectivity index (χ0v) is 13.8. The second kappa shape index (κ2) is 8.52. The summed E-state index contributed by atoms with van der Waals surface area (Å²) in [4.78, 5) is 35.3. The van der Waals surface area contributed by atoms with Crippen LogP contribution in [0.1, 0.15) is 25.7 Å². The zero-order chi connectivity index (χ0) is 17.5. The molecule has 2 fully saturated rings. The number of likely N-dealkylation sites (tertiary alicyclic amines) is 1. The zero-order valence-electron chi connectivity index (χ0n) is 13.8. The molecular formula is C15H24N2O6. The third-order valence-electron chi connectivity index (χ3n) is 3.59. The van der Waals surface area contributed by atoms with E-state index in [0.717, 1.165) is 55.8 Å². The first-order valence-electron chi connectivity index (χ1n) is 7.45. The predicted molar refractivity (Wildman–Crippen MR) is 81.7 cm³/mol. The quantitative estimate of drug-likeness (QED) is 0.609. The van der Waals surface area contributed by atoms with Crippen molar-refractivity contribution in [1.82, 2.24) is 9.80 Å². The van der Waals surface area contributed by atoms with E-state index in [1.54, 1.807) is 0 Å². The van der Waals surface area contributed by atoms with Crippen molar-refractivity contribution in [2.75, 3.05) is 34.3 Å². The molecule has 0 spiro atoms. The first kappa shape index (κ1) is 19.0. The van der Waals surface area contributed by atoms with Crippen molar-refractivity contribution >= 4 is 18.0 Å². The standard InChI is InChI=1S/C12H17NO4.C3H7NO2/c1-16-10(14)4-5-11(15)17-12(6-7-12)13-8-2-3-9-13;1-4(2)3(5)6/h4-5H,2-3,6-9H2,1H3;1-2H3,(H,5,6)/b5-4+;.